The number of rotatable bonds is 8. The van der Waals surface area contributed by atoms with Gasteiger partial charge in [-0.3, -0.25) is 0 Å². The number of benzene rings is 2. The van der Waals surface area contributed by atoms with Crippen molar-refractivity contribution < 1.29 is 69.4 Å². The summed E-state index contributed by atoms with van der Waals surface area (Å²) in [6.07, 6.45) is -13.6. The molecule has 2 fully saturated rings. The molecule has 1 saturated carbocycles. The number of carbonyl (C=O) groups is 2. The SMILES string of the molecule is O=C(OC[C@@H]1O[C@@H](Oc2ccc(O)cc2COC(=O)[C@]2(O)[C@H](O)CC[C@H](O)[C@@H]2O)[C@@H](O)[C@@H](O)[C@@H]1O)c1ccccc1. The number of ether oxygens (including phenoxy) is 4. The van der Waals surface area contributed by atoms with Crippen molar-refractivity contribution in [1.29, 1.82) is 0 Å². The van der Waals surface area contributed by atoms with Crippen LogP contribution in [0.2, 0.25) is 0 Å². The van der Waals surface area contributed by atoms with E-state index in [4.69, 9.17) is 18.9 Å². The van der Waals surface area contributed by atoms with Gasteiger partial charge in [0, 0.05) is 5.56 Å². The van der Waals surface area contributed by atoms with Gasteiger partial charge in [-0.15, -0.1) is 0 Å². The van der Waals surface area contributed by atoms with E-state index in [1.165, 1.54) is 24.3 Å². The Morgan fingerprint density at radius 1 is 0.902 bits per heavy atom. The van der Waals surface area contributed by atoms with Gasteiger partial charge in [-0.2, -0.15) is 0 Å². The predicted molar refractivity (Wildman–Crippen MR) is 134 cm³/mol. The first kappa shape index (κ1) is 30.6. The zero-order valence-electron chi connectivity index (χ0n) is 21.6. The van der Waals surface area contributed by atoms with Crippen LogP contribution in [0.4, 0.5) is 0 Å². The van der Waals surface area contributed by atoms with Crippen LogP contribution in [0.15, 0.2) is 48.5 Å². The molecule has 1 aliphatic carbocycles. The Hall–Kier alpha value is -3.34. The highest BCUT2D eigenvalue weighted by Crippen LogP contribution is 2.33. The minimum absolute atomic E-state index is 0.0224. The van der Waals surface area contributed by atoms with Gasteiger partial charge in [-0.1, -0.05) is 18.2 Å². The van der Waals surface area contributed by atoms with Crippen molar-refractivity contribution >= 4 is 11.9 Å². The Morgan fingerprint density at radius 3 is 2.32 bits per heavy atom. The number of esters is 2. The summed E-state index contributed by atoms with van der Waals surface area (Å²) in [4.78, 5) is 25.0. The van der Waals surface area contributed by atoms with Crippen molar-refractivity contribution in [1.82, 2.24) is 0 Å². The van der Waals surface area contributed by atoms with Gasteiger partial charge in [-0.05, 0) is 43.2 Å². The zero-order valence-corrected chi connectivity index (χ0v) is 21.6. The lowest BCUT2D eigenvalue weighted by molar-refractivity contribution is -0.277. The van der Waals surface area contributed by atoms with Crippen LogP contribution in [0.1, 0.15) is 28.8 Å². The fourth-order valence-corrected chi connectivity index (χ4v) is 4.60. The molecule has 0 unspecified atom stereocenters. The molecule has 0 bridgehead atoms. The second-order valence-corrected chi connectivity index (χ2v) is 9.90. The number of carbonyl (C=O) groups excluding carboxylic acids is 2. The fourth-order valence-electron chi connectivity index (χ4n) is 4.60. The first-order chi connectivity index (χ1) is 19.4. The van der Waals surface area contributed by atoms with Gasteiger partial charge in [-0.25, -0.2) is 9.59 Å². The van der Waals surface area contributed by atoms with E-state index in [9.17, 15) is 50.4 Å². The predicted octanol–water partition coefficient (Wildman–Crippen LogP) is -1.91. The van der Waals surface area contributed by atoms with Crippen LogP contribution >= 0.6 is 0 Å². The number of aromatic hydroxyl groups is 1. The van der Waals surface area contributed by atoms with Crippen LogP contribution in [0.25, 0.3) is 0 Å². The summed E-state index contributed by atoms with van der Waals surface area (Å²) >= 11 is 0. The maximum Gasteiger partial charge on any atom is 0.344 e. The van der Waals surface area contributed by atoms with Crippen LogP contribution < -0.4 is 4.74 Å². The number of hydrogen-bond donors (Lipinski definition) is 8. The normalized spacial score (nSPS) is 33.5. The highest BCUT2D eigenvalue weighted by molar-refractivity contribution is 5.89. The van der Waals surface area contributed by atoms with Crippen LogP contribution in [0.3, 0.4) is 0 Å². The van der Waals surface area contributed by atoms with Crippen molar-refractivity contribution in [2.45, 2.75) is 74.1 Å². The molecule has 14 nitrogen and oxygen atoms in total. The molecular formula is C27H32O14. The summed E-state index contributed by atoms with van der Waals surface area (Å²) in [5, 5.41) is 81.9. The Labute approximate surface area is 233 Å². The van der Waals surface area contributed by atoms with Gasteiger partial charge in [0.05, 0.1) is 17.8 Å². The second-order valence-electron chi connectivity index (χ2n) is 9.90. The smallest absolute Gasteiger partial charge is 0.344 e. The number of phenols is 1. The lowest BCUT2D eigenvalue weighted by Crippen LogP contribution is -2.65. The molecule has 224 valence electrons. The minimum Gasteiger partial charge on any atom is -0.508 e. The molecule has 9 atom stereocenters. The summed E-state index contributed by atoms with van der Waals surface area (Å²) in [6, 6.07) is 11.5. The summed E-state index contributed by atoms with van der Waals surface area (Å²) < 4.78 is 21.5. The standard InChI is InChI=1S/C27H32O14/c28-15-6-8-17(14(10-15)11-39-26(36)27(37)19(30)9-7-16(29)23(27)34)40-25-22(33)21(32)20(31)18(41-25)12-38-24(35)13-4-2-1-3-5-13/h1-6,8,10,16,18-23,25,28-34,37H,7,9,11-12H2/t16-,18-,19+,20+,21-,22-,23-,25+,27-/m0/s1. The van der Waals surface area contributed by atoms with Crippen molar-refractivity contribution in [2.75, 3.05) is 6.61 Å². The van der Waals surface area contributed by atoms with Gasteiger partial charge < -0.3 is 59.8 Å². The first-order valence-corrected chi connectivity index (χ1v) is 12.8. The molecule has 1 heterocycles. The van der Waals surface area contributed by atoms with Crippen molar-refractivity contribution in [2.24, 2.45) is 0 Å². The van der Waals surface area contributed by atoms with Gasteiger partial charge in [0.2, 0.25) is 11.9 Å². The number of aliphatic hydroxyl groups is 7. The number of phenolic OH excluding ortho intramolecular Hbond substituents is 1. The van der Waals surface area contributed by atoms with Crippen LogP contribution in [0.5, 0.6) is 11.5 Å². The van der Waals surface area contributed by atoms with E-state index in [0.717, 1.165) is 6.07 Å². The molecule has 2 aromatic carbocycles. The third-order valence-corrected chi connectivity index (χ3v) is 7.09. The van der Waals surface area contributed by atoms with Gasteiger partial charge in [0.15, 0.2) is 0 Å². The molecule has 0 spiro atoms. The van der Waals surface area contributed by atoms with Gasteiger partial charge >= 0.3 is 11.9 Å². The maximum atomic E-state index is 12.7. The van der Waals surface area contributed by atoms with Crippen molar-refractivity contribution in [3.63, 3.8) is 0 Å². The summed E-state index contributed by atoms with van der Waals surface area (Å²) in [6.45, 7) is -1.18. The maximum absolute atomic E-state index is 12.7. The molecule has 2 aromatic rings. The molecule has 41 heavy (non-hydrogen) atoms. The number of aliphatic hydroxyl groups excluding tert-OH is 6. The monoisotopic (exact) mass is 580 g/mol. The number of hydrogen-bond acceptors (Lipinski definition) is 14. The molecule has 14 heteroatoms. The highest BCUT2D eigenvalue weighted by atomic mass is 16.7. The van der Waals surface area contributed by atoms with E-state index in [1.807, 2.05) is 0 Å². The Kier molecular flexibility index (Phi) is 9.46. The third kappa shape index (κ3) is 6.45. The fraction of sp³-hybridized carbons (Fsp3) is 0.481. The van der Waals surface area contributed by atoms with Crippen LogP contribution in [0, 0.1) is 0 Å². The van der Waals surface area contributed by atoms with E-state index in [-0.39, 0.29) is 35.5 Å². The highest BCUT2D eigenvalue weighted by Gasteiger charge is 2.56. The van der Waals surface area contributed by atoms with E-state index in [0.29, 0.717) is 0 Å². The van der Waals surface area contributed by atoms with Gasteiger partial charge in [0.25, 0.3) is 0 Å². The summed E-state index contributed by atoms with van der Waals surface area (Å²) in [5.41, 5.74) is -2.60. The van der Waals surface area contributed by atoms with E-state index >= 15 is 0 Å². The molecular weight excluding hydrogens is 548 g/mol. The lowest BCUT2D eigenvalue weighted by atomic mass is 9.78. The second kappa shape index (κ2) is 12.7. The first-order valence-electron chi connectivity index (χ1n) is 12.8. The van der Waals surface area contributed by atoms with Crippen LogP contribution in [-0.2, 0) is 25.6 Å². The molecule has 2 aliphatic rings. The zero-order chi connectivity index (χ0) is 29.9. The lowest BCUT2D eigenvalue weighted by Gasteiger charge is -2.41. The molecule has 0 amide bonds. The van der Waals surface area contributed by atoms with Crippen molar-refractivity contribution in [3.05, 3.63) is 59.7 Å². The summed E-state index contributed by atoms with van der Waals surface area (Å²) in [5.74, 6) is -2.58. The van der Waals surface area contributed by atoms with E-state index in [2.05, 4.69) is 0 Å². The van der Waals surface area contributed by atoms with Gasteiger partial charge in [0.1, 0.15) is 55.2 Å². The topological polar surface area (TPSA) is 233 Å². The molecule has 4 rings (SSSR count). The average molecular weight is 581 g/mol. The quantitative estimate of drug-likeness (QED) is 0.159. The molecule has 1 aliphatic heterocycles. The Balaban J connectivity index is 1.45. The van der Waals surface area contributed by atoms with Crippen LogP contribution in [-0.4, -0.2) is 114 Å². The third-order valence-electron chi connectivity index (χ3n) is 7.09. The van der Waals surface area contributed by atoms with Crippen molar-refractivity contribution in [3.8, 4) is 11.5 Å². The summed E-state index contributed by atoms with van der Waals surface area (Å²) in [7, 11) is 0. The van der Waals surface area contributed by atoms with E-state index < -0.39 is 79.8 Å². The Bertz CT molecular complexity index is 1210. The largest absolute Gasteiger partial charge is 0.508 e. The average Bonchev–Trinajstić information content (AvgIpc) is 2.97. The molecule has 1 saturated heterocycles. The van der Waals surface area contributed by atoms with E-state index in [1.54, 1.807) is 18.2 Å². The molecule has 8 N–H and O–H groups in total. The Morgan fingerprint density at radius 2 is 1.61 bits per heavy atom. The minimum atomic E-state index is -2.82. The molecule has 0 aromatic heterocycles. The molecule has 0 radical (unpaired) electrons.